The van der Waals surface area contributed by atoms with E-state index in [1.807, 2.05) is 66.0 Å². The zero-order chi connectivity index (χ0) is 19.5. The average molecular weight is 455 g/mol. The Labute approximate surface area is 176 Å². The quantitative estimate of drug-likeness (QED) is 0.601. The summed E-state index contributed by atoms with van der Waals surface area (Å²) in [6, 6.07) is 19.4. The van der Waals surface area contributed by atoms with Gasteiger partial charge >= 0.3 is 0 Å². The third-order valence-electron chi connectivity index (χ3n) is 4.81. The Balaban J connectivity index is 1.69. The van der Waals surface area contributed by atoms with Crippen LogP contribution >= 0.6 is 27.3 Å². The number of anilines is 1. The molecule has 0 spiro atoms. The van der Waals surface area contributed by atoms with Gasteiger partial charge < -0.3 is 10.2 Å². The lowest BCUT2D eigenvalue weighted by Gasteiger charge is -2.29. The molecule has 0 saturated heterocycles. The van der Waals surface area contributed by atoms with E-state index < -0.39 is 0 Å². The molecule has 2 amide bonds. The van der Waals surface area contributed by atoms with Gasteiger partial charge in [-0.05, 0) is 41.6 Å². The van der Waals surface area contributed by atoms with Crippen LogP contribution in [0.5, 0.6) is 0 Å². The molecule has 1 aromatic heterocycles. The first kappa shape index (κ1) is 18.9. The summed E-state index contributed by atoms with van der Waals surface area (Å²) in [6.07, 6.45) is 1.02. The highest BCUT2D eigenvalue weighted by molar-refractivity contribution is 9.10. The van der Waals surface area contributed by atoms with Gasteiger partial charge in [-0.2, -0.15) is 0 Å². The number of fused-ring (bicyclic) bond motifs is 1. The highest BCUT2D eigenvalue weighted by atomic mass is 79.9. The van der Waals surface area contributed by atoms with E-state index in [9.17, 15) is 9.59 Å². The van der Waals surface area contributed by atoms with Crippen LogP contribution < -0.4 is 5.32 Å². The van der Waals surface area contributed by atoms with Gasteiger partial charge in [0.1, 0.15) is 6.54 Å². The zero-order valence-corrected chi connectivity index (χ0v) is 17.5. The lowest BCUT2D eigenvalue weighted by atomic mass is 10.0. The maximum atomic E-state index is 13.2. The van der Waals surface area contributed by atoms with Crippen molar-refractivity contribution < 1.29 is 9.59 Å². The third kappa shape index (κ3) is 4.03. The van der Waals surface area contributed by atoms with Crippen LogP contribution in [-0.2, 0) is 16.0 Å². The minimum absolute atomic E-state index is 0.0229. The lowest BCUT2D eigenvalue weighted by molar-refractivity contribution is -0.136. The van der Waals surface area contributed by atoms with Crippen LogP contribution in [0.3, 0.4) is 0 Å². The van der Waals surface area contributed by atoms with Crippen molar-refractivity contribution in [2.75, 3.05) is 11.9 Å². The molecule has 3 aromatic rings. The summed E-state index contributed by atoms with van der Waals surface area (Å²) in [4.78, 5) is 28.5. The van der Waals surface area contributed by atoms with E-state index in [0.717, 1.165) is 26.2 Å². The van der Waals surface area contributed by atoms with Crippen LogP contribution in [0.15, 0.2) is 70.5 Å². The Morgan fingerprint density at radius 1 is 1.14 bits per heavy atom. The minimum atomic E-state index is -0.283. The second-order valence-electron chi connectivity index (χ2n) is 6.70. The molecule has 1 atom stereocenters. The van der Waals surface area contributed by atoms with E-state index in [-0.39, 0.29) is 24.4 Å². The van der Waals surface area contributed by atoms with Crippen molar-refractivity contribution in [2.24, 2.45) is 0 Å². The van der Waals surface area contributed by atoms with Crippen molar-refractivity contribution in [2.45, 2.75) is 18.9 Å². The van der Waals surface area contributed by atoms with E-state index in [0.29, 0.717) is 12.8 Å². The molecule has 0 radical (unpaired) electrons. The van der Waals surface area contributed by atoms with Crippen LogP contribution in [0.2, 0.25) is 0 Å². The highest BCUT2D eigenvalue weighted by Gasteiger charge is 2.33. The Bertz CT molecular complexity index is 989. The molecule has 0 saturated carbocycles. The smallest absolute Gasteiger partial charge is 0.244 e. The lowest BCUT2D eigenvalue weighted by Crippen LogP contribution is -2.38. The molecule has 4 nitrogen and oxygen atoms in total. The van der Waals surface area contributed by atoms with Gasteiger partial charge in [0.05, 0.1) is 6.04 Å². The molecule has 2 heterocycles. The van der Waals surface area contributed by atoms with E-state index in [4.69, 9.17) is 0 Å². The van der Waals surface area contributed by atoms with Gasteiger partial charge in [-0.1, -0.05) is 52.3 Å². The van der Waals surface area contributed by atoms with Gasteiger partial charge in [-0.25, -0.2) is 0 Å². The van der Waals surface area contributed by atoms with Gasteiger partial charge in [0, 0.05) is 27.0 Å². The second kappa shape index (κ2) is 8.29. The molecule has 4 rings (SSSR count). The van der Waals surface area contributed by atoms with E-state index >= 15 is 0 Å². The molecule has 0 bridgehead atoms. The predicted octanol–water partition coefficient (Wildman–Crippen LogP) is 5.01. The number of nitrogens with one attached hydrogen (secondary N) is 1. The molecule has 6 heteroatoms. The summed E-state index contributed by atoms with van der Waals surface area (Å²) in [5.41, 5.74) is 2.80. The van der Waals surface area contributed by atoms with Crippen molar-refractivity contribution in [3.63, 3.8) is 0 Å². The molecule has 0 fully saturated rings. The summed E-state index contributed by atoms with van der Waals surface area (Å²) in [5.74, 6) is -0.194. The molecule has 1 aliphatic heterocycles. The molecule has 1 aliphatic rings. The van der Waals surface area contributed by atoms with Crippen molar-refractivity contribution in [3.05, 3.63) is 86.5 Å². The monoisotopic (exact) mass is 454 g/mol. The molecule has 1 N–H and O–H groups in total. The van der Waals surface area contributed by atoms with Gasteiger partial charge in [-0.3, -0.25) is 9.59 Å². The second-order valence-corrected chi connectivity index (χ2v) is 8.60. The van der Waals surface area contributed by atoms with Gasteiger partial charge in [0.15, 0.2) is 0 Å². The number of rotatable bonds is 4. The number of amides is 2. The number of benzene rings is 2. The first-order valence-corrected chi connectivity index (χ1v) is 10.7. The van der Waals surface area contributed by atoms with Crippen molar-refractivity contribution in [1.29, 1.82) is 0 Å². The van der Waals surface area contributed by atoms with Crippen LogP contribution in [-0.4, -0.2) is 23.3 Å². The summed E-state index contributed by atoms with van der Waals surface area (Å²) in [7, 11) is 0. The Morgan fingerprint density at radius 2 is 1.96 bits per heavy atom. The molecular formula is C22H19BrN2O2S. The number of thiophene rings is 1. The van der Waals surface area contributed by atoms with E-state index in [1.165, 1.54) is 0 Å². The highest BCUT2D eigenvalue weighted by Crippen LogP contribution is 2.39. The van der Waals surface area contributed by atoms with E-state index in [2.05, 4.69) is 21.2 Å². The molecular weight excluding hydrogens is 436 g/mol. The Morgan fingerprint density at radius 3 is 2.71 bits per heavy atom. The maximum absolute atomic E-state index is 13.2. The number of nitrogens with zero attached hydrogens (tertiary/aromatic N) is 1. The standard InChI is InChI=1S/C22H19BrN2O2S/c23-16-9-10-18-17(13-16)22(19-7-4-12-28-19)25(14-20(26)24-18)21(27)11-8-15-5-2-1-3-6-15/h1-7,9-10,12-13,22H,8,11,14H2,(H,24,26). The number of hydrogen-bond acceptors (Lipinski definition) is 3. The number of hydrogen-bond donors (Lipinski definition) is 1. The zero-order valence-electron chi connectivity index (χ0n) is 15.1. The third-order valence-corrected chi connectivity index (χ3v) is 6.23. The normalized spacial score (nSPS) is 16.2. The molecule has 142 valence electrons. The molecule has 1 unspecified atom stereocenters. The average Bonchev–Trinajstić information content (AvgIpc) is 3.18. The van der Waals surface area contributed by atoms with Gasteiger partial charge in [0.2, 0.25) is 11.8 Å². The topological polar surface area (TPSA) is 49.4 Å². The van der Waals surface area contributed by atoms with Crippen LogP contribution in [0.4, 0.5) is 5.69 Å². The maximum Gasteiger partial charge on any atom is 0.244 e. The summed E-state index contributed by atoms with van der Waals surface area (Å²) in [5, 5.41) is 4.95. The number of carbonyl (C=O) groups excluding carboxylic acids is 2. The minimum Gasteiger partial charge on any atom is -0.324 e. The number of aryl methyl sites for hydroxylation is 1. The molecule has 0 aliphatic carbocycles. The van der Waals surface area contributed by atoms with Crippen LogP contribution in [0.25, 0.3) is 0 Å². The molecule has 2 aromatic carbocycles. The van der Waals surface area contributed by atoms with Crippen molar-refractivity contribution in [1.82, 2.24) is 4.90 Å². The van der Waals surface area contributed by atoms with Crippen LogP contribution in [0.1, 0.15) is 28.5 Å². The fourth-order valence-corrected chi connectivity index (χ4v) is 4.74. The van der Waals surface area contributed by atoms with E-state index in [1.54, 1.807) is 16.2 Å². The first-order chi connectivity index (χ1) is 13.6. The van der Waals surface area contributed by atoms with Crippen molar-refractivity contribution in [3.8, 4) is 0 Å². The first-order valence-electron chi connectivity index (χ1n) is 9.08. The van der Waals surface area contributed by atoms with Gasteiger partial charge in [0.25, 0.3) is 0 Å². The van der Waals surface area contributed by atoms with Crippen LogP contribution in [0, 0.1) is 0 Å². The summed E-state index contributed by atoms with van der Waals surface area (Å²) >= 11 is 5.12. The summed E-state index contributed by atoms with van der Waals surface area (Å²) < 4.78 is 0.917. The molecule has 28 heavy (non-hydrogen) atoms. The number of carbonyl (C=O) groups is 2. The Hall–Kier alpha value is -2.44. The van der Waals surface area contributed by atoms with Gasteiger partial charge in [-0.15, -0.1) is 11.3 Å². The number of halogens is 1. The predicted molar refractivity (Wildman–Crippen MR) is 115 cm³/mol. The fourth-order valence-electron chi connectivity index (χ4n) is 3.50. The largest absolute Gasteiger partial charge is 0.324 e. The fraction of sp³-hybridized carbons (Fsp3) is 0.182. The van der Waals surface area contributed by atoms with Crippen molar-refractivity contribution >= 4 is 44.8 Å². The summed E-state index contributed by atoms with van der Waals surface area (Å²) in [6.45, 7) is 0.0441. The Kier molecular flexibility index (Phi) is 5.59. The SMILES string of the molecule is O=C1CN(C(=O)CCc2ccccc2)C(c2cccs2)c2cc(Br)ccc2N1.